The Balaban J connectivity index is 2.08. The minimum atomic E-state index is -0.287. The molecule has 0 aromatic heterocycles. The average molecular weight is 293 g/mol. The summed E-state index contributed by atoms with van der Waals surface area (Å²) in [6, 6.07) is 15.1. The zero-order chi connectivity index (χ0) is 13.7. The lowest BCUT2D eigenvalue weighted by Gasteiger charge is -2.06. The monoisotopic (exact) mass is 292 g/mol. The molecule has 3 nitrogen and oxygen atoms in total. The molecule has 1 amide bonds. The van der Waals surface area contributed by atoms with Crippen molar-refractivity contribution >= 4 is 29.3 Å². The van der Waals surface area contributed by atoms with Gasteiger partial charge >= 0.3 is 0 Å². The van der Waals surface area contributed by atoms with Gasteiger partial charge in [-0.25, -0.2) is 5.84 Å². The van der Waals surface area contributed by atoms with Crippen molar-refractivity contribution in [3.63, 3.8) is 0 Å². The molecule has 0 saturated carbocycles. The highest BCUT2D eigenvalue weighted by Gasteiger charge is 2.05. The summed E-state index contributed by atoms with van der Waals surface area (Å²) in [7, 11) is 0. The molecule has 0 atom stereocenters. The lowest BCUT2D eigenvalue weighted by atomic mass is 10.1. The van der Waals surface area contributed by atoms with E-state index in [1.165, 1.54) is 0 Å². The van der Waals surface area contributed by atoms with Gasteiger partial charge in [0.25, 0.3) is 5.91 Å². The van der Waals surface area contributed by atoms with Crippen LogP contribution in [0.2, 0.25) is 5.02 Å². The van der Waals surface area contributed by atoms with Gasteiger partial charge < -0.3 is 0 Å². The molecule has 2 aromatic carbocycles. The van der Waals surface area contributed by atoms with Gasteiger partial charge in [-0.2, -0.15) is 0 Å². The Labute approximate surface area is 121 Å². The van der Waals surface area contributed by atoms with E-state index in [1.807, 2.05) is 42.5 Å². The largest absolute Gasteiger partial charge is 0.290 e. The van der Waals surface area contributed by atoms with Gasteiger partial charge in [-0.05, 0) is 29.8 Å². The second-order valence-corrected chi connectivity index (χ2v) is 5.32. The van der Waals surface area contributed by atoms with Crippen LogP contribution in [0.5, 0.6) is 0 Å². The van der Waals surface area contributed by atoms with Crippen LogP contribution in [0.15, 0.2) is 53.4 Å². The van der Waals surface area contributed by atoms with Gasteiger partial charge in [-0.15, -0.1) is 11.8 Å². The number of halogens is 1. The summed E-state index contributed by atoms with van der Waals surface area (Å²) in [6.07, 6.45) is 0. The Morgan fingerprint density at radius 1 is 1.21 bits per heavy atom. The third-order valence-corrected chi connectivity index (χ3v) is 4.14. The number of amides is 1. The van der Waals surface area contributed by atoms with Gasteiger partial charge in [-0.3, -0.25) is 10.2 Å². The lowest BCUT2D eigenvalue weighted by molar-refractivity contribution is 0.0953. The summed E-state index contributed by atoms with van der Waals surface area (Å²) >= 11 is 7.73. The SMILES string of the molecule is NNC(=O)c1cccc(CSc2ccccc2Cl)c1. The number of rotatable bonds is 4. The zero-order valence-corrected chi connectivity index (χ0v) is 11.7. The molecule has 0 bridgehead atoms. The number of hydrogen-bond donors (Lipinski definition) is 2. The van der Waals surface area contributed by atoms with Crippen LogP contribution in [0.25, 0.3) is 0 Å². The highest BCUT2D eigenvalue weighted by Crippen LogP contribution is 2.29. The van der Waals surface area contributed by atoms with Crippen LogP contribution in [0.1, 0.15) is 15.9 Å². The number of hydrogen-bond acceptors (Lipinski definition) is 3. The molecule has 3 N–H and O–H groups in total. The van der Waals surface area contributed by atoms with Crippen LogP contribution in [-0.4, -0.2) is 5.91 Å². The van der Waals surface area contributed by atoms with E-state index in [0.29, 0.717) is 5.56 Å². The fourth-order valence-corrected chi connectivity index (χ4v) is 2.79. The molecule has 0 aliphatic heterocycles. The lowest BCUT2D eigenvalue weighted by Crippen LogP contribution is -2.29. The van der Waals surface area contributed by atoms with Crippen LogP contribution < -0.4 is 11.3 Å². The topological polar surface area (TPSA) is 55.1 Å². The first kappa shape index (κ1) is 13.9. The van der Waals surface area contributed by atoms with Crippen molar-refractivity contribution < 1.29 is 4.79 Å². The number of nitrogen functional groups attached to an aromatic ring is 1. The number of thioether (sulfide) groups is 1. The number of hydrazine groups is 1. The van der Waals surface area contributed by atoms with Crippen molar-refractivity contribution in [1.29, 1.82) is 0 Å². The van der Waals surface area contributed by atoms with E-state index >= 15 is 0 Å². The maximum absolute atomic E-state index is 11.4. The maximum Gasteiger partial charge on any atom is 0.265 e. The van der Waals surface area contributed by atoms with E-state index in [4.69, 9.17) is 17.4 Å². The Morgan fingerprint density at radius 2 is 2.00 bits per heavy atom. The molecule has 2 aromatic rings. The van der Waals surface area contributed by atoms with Crippen LogP contribution in [0.4, 0.5) is 0 Å². The predicted octanol–water partition coefficient (Wildman–Crippen LogP) is 3.24. The van der Waals surface area contributed by atoms with E-state index < -0.39 is 0 Å². The van der Waals surface area contributed by atoms with Gasteiger partial charge in [0.05, 0.1) is 5.02 Å². The van der Waals surface area contributed by atoms with Crippen molar-refractivity contribution in [3.8, 4) is 0 Å². The standard InChI is InChI=1S/C14H13ClN2OS/c15-12-6-1-2-7-13(12)19-9-10-4-3-5-11(8-10)14(18)17-16/h1-8H,9,16H2,(H,17,18). The summed E-state index contributed by atoms with van der Waals surface area (Å²) < 4.78 is 0. The number of nitrogens with two attached hydrogens (primary N) is 1. The fourth-order valence-electron chi connectivity index (χ4n) is 1.61. The van der Waals surface area contributed by atoms with E-state index in [-0.39, 0.29) is 5.91 Å². The molecular weight excluding hydrogens is 280 g/mol. The number of carbonyl (C=O) groups is 1. The van der Waals surface area contributed by atoms with Gasteiger partial charge in [0.1, 0.15) is 0 Å². The van der Waals surface area contributed by atoms with Crippen LogP contribution in [-0.2, 0) is 5.75 Å². The summed E-state index contributed by atoms with van der Waals surface area (Å²) in [5.74, 6) is 5.57. The van der Waals surface area contributed by atoms with Crippen molar-refractivity contribution in [2.75, 3.05) is 0 Å². The van der Waals surface area contributed by atoms with Crippen molar-refractivity contribution in [2.45, 2.75) is 10.6 Å². The fraction of sp³-hybridized carbons (Fsp3) is 0.0714. The van der Waals surface area contributed by atoms with Gasteiger partial charge in [0.2, 0.25) is 0 Å². The molecule has 0 aliphatic carbocycles. The van der Waals surface area contributed by atoms with Crippen LogP contribution in [0.3, 0.4) is 0 Å². The first-order valence-electron chi connectivity index (χ1n) is 5.68. The van der Waals surface area contributed by atoms with Crippen LogP contribution >= 0.6 is 23.4 Å². The quantitative estimate of drug-likeness (QED) is 0.394. The van der Waals surface area contributed by atoms with E-state index in [2.05, 4.69) is 5.43 Å². The summed E-state index contributed by atoms with van der Waals surface area (Å²) in [5.41, 5.74) is 3.73. The molecule has 5 heteroatoms. The maximum atomic E-state index is 11.4. The molecule has 0 spiro atoms. The smallest absolute Gasteiger partial charge is 0.265 e. The molecule has 0 radical (unpaired) electrons. The van der Waals surface area contributed by atoms with Gasteiger partial charge in [0, 0.05) is 16.2 Å². The average Bonchev–Trinajstić information content (AvgIpc) is 2.46. The second kappa shape index (κ2) is 6.61. The Hall–Kier alpha value is -1.49. The van der Waals surface area contributed by atoms with E-state index in [1.54, 1.807) is 17.8 Å². The molecule has 98 valence electrons. The molecule has 0 fully saturated rings. The minimum Gasteiger partial charge on any atom is -0.290 e. The Morgan fingerprint density at radius 3 is 2.74 bits per heavy atom. The predicted molar refractivity (Wildman–Crippen MR) is 79.1 cm³/mol. The normalized spacial score (nSPS) is 10.2. The summed E-state index contributed by atoms with van der Waals surface area (Å²) in [5, 5.41) is 0.739. The van der Waals surface area contributed by atoms with Gasteiger partial charge in [-0.1, -0.05) is 35.9 Å². The highest BCUT2D eigenvalue weighted by molar-refractivity contribution is 7.98. The molecular formula is C14H13ClN2OS. The molecule has 2 rings (SSSR count). The van der Waals surface area contributed by atoms with Crippen molar-refractivity contribution in [2.24, 2.45) is 5.84 Å². The number of benzene rings is 2. The first-order valence-corrected chi connectivity index (χ1v) is 7.04. The van der Waals surface area contributed by atoms with Crippen molar-refractivity contribution in [3.05, 3.63) is 64.7 Å². The Kier molecular flexibility index (Phi) is 4.85. The molecule has 0 saturated heterocycles. The minimum absolute atomic E-state index is 0.287. The first-order chi connectivity index (χ1) is 9.20. The van der Waals surface area contributed by atoms with E-state index in [0.717, 1.165) is 21.2 Å². The third-order valence-electron chi connectivity index (χ3n) is 2.55. The third kappa shape index (κ3) is 3.73. The number of carbonyl (C=O) groups excluding carboxylic acids is 1. The molecule has 0 unspecified atom stereocenters. The van der Waals surface area contributed by atoms with Crippen molar-refractivity contribution in [1.82, 2.24) is 5.43 Å². The molecule has 0 heterocycles. The zero-order valence-electron chi connectivity index (χ0n) is 10.1. The summed E-state index contributed by atoms with van der Waals surface area (Å²) in [4.78, 5) is 12.5. The molecule has 0 aliphatic rings. The van der Waals surface area contributed by atoms with Gasteiger partial charge in [0.15, 0.2) is 0 Å². The molecule has 19 heavy (non-hydrogen) atoms. The highest BCUT2D eigenvalue weighted by atomic mass is 35.5. The second-order valence-electron chi connectivity index (χ2n) is 3.89. The van der Waals surface area contributed by atoms with Crippen LogP contribution in [0, 0.1) is 0 Å². The summed E-state index contributed by atoms with van der Waals surface area (Å²) in [6.45, 7) is 0. The van der Waals surface area contributed by atoms with E-state index in [9.17, 15) is 4.79 Å². The Bertz CT molecular complexity index is 589. The number of nitrogens with one attached hydrogen (secondary N) is 1.